The van der Waals surface area contributed by atoms with Gasteiger partial charge in [-0.1, -0.05) is 0 Å². The molecule has 4 heteroatoms. The Morgan fingerprint density at radius 3 is 1.00 bits per heavy atom. The molecule has 0 bridgehead atoms. The summed E-state index contributed by atoms with van der Waals surface area (Å²) in [5, 5.41) is 0. The van der Waals surface area contributed by atoms with Crippen LogP contribution in [0.2, 0.25) is 0 Å². The number of hydrogen-bond acceptors (Lipinski definition) is 1. The fraction of sp³-hybridized carbons (Fsp3) is 0.0435. The van der Waals surface area contributed by atoms with E-state index in [1.54, 1.807) is 0 Å². The molecule has 0 unspecified atom stereocenters. The van der Waals surface area contributed by atoms with Crippen LogP contribution in [0.5, 0.6) is 0 Å². The molecule has 0 saturated carbocycles. The summed E-state index contributed by atoms with van der Waals surface area (Å²) in [6.45, 7) is 0. The van der Waals surface area contributed by atoms with E-state index in [4.69, 9.17) is 4.80 Å². The first-order valence-electron chi connectivity index (χ1n) is 7.90. The summed E-state index contributed by atoms with van der Waals surface area (Å²) in [6.07, 6.45) is 10.0. The average molecular weight is 472 g/mol. The molecule has 3 aromatic carbocycles. The van der Waals surface area contributed by atoms with E-state index in [1.807, 2.05) is 103 Å². The van der Waals surface area contributed by atoms with Crippen LogP contribution >= 0.6 is 12.4 Å². The molecule has 0 aliphatic heterocycles. The molecule has 1 N–H and O–H groups in total. The van der Waals surface area contributed by atoms with Crippen LogP contribution in [0.1, 0.15) is 6.42 Å². The molecule has 0 atom stereocenters. The van der Waals surface area contributed by atoms with Crippen molar-refractivity contribution in [3.05, 3.63) is 133 Å². The second-order valence-electron chi connectivity index (χ2n) is 4.24. The van der Waals surface area contributed by atoms with Crippen molar-refractivity contribution in [2.24, 2.45) is 0 Å². The number of allylic oxidation sites excluding steroid dienone is 4. The normalized spacial score (nSPS) is 8.93. The van der Waals surface area contributed by atoms with Crippen LogP contribution in [-0.4, -0.2) is 15.3 Å². The number of hydrogen-bond donors (Lipinski definition) is 1. The molecule has 0 radical (unpaired) electrons. The summed E-state index contributed by atoms with van der Waals surface area (Å²) in [5.74, 6) is 0. The zero-order valence-corrected chi connectivity index (χ0v) is 20.7. The van der Waals surface area contributed by atoms with Gasteiger partial charge in [0.25, 0.3) is 0 Å². The third-order valence-corrected chi connectivity index (χ3v) is 2.41. The molecule has 138 valence electrons. The Kier molecular flexibility index (Phi) is 32.8. The number of halogens is 1. The second-order valence-corrected chi connectivity index (χ2v) is 4.24. The maximum atomic E-state index is 7.14. The number of benzene rings is 3. The fourth-order valence-electron chi connectivity index (χ4n) is 1.37. The minimum Gasteiger partial charge on any atom is -0.442 e. The van der Waals surface area contributed by atoms with Gasteiger partial charge in [0.1, 0.15) is 10.5 Å². The number of rotatable bonds is 0. The van der Waals surface area contributed by atoms with Gasteiger partial charge in [0.05, 0.1) is 0 Å². The molecule has 27 heavy (non-hydrogen) atoms. The SMILES string of the molecule is Cl.O[SiH3].[C-]1=CC=CC1.[Zr+4].[c-]1ccccc1.[c-]1ccccc1.[c-]1ccccc1. The van der Waals surface area contributed by atoms with Crippen molar-refractivity contribution in [2.75, 3.05) is 0 Å². The van der Waals surface area contributed by atoms with Crippen LogP contribution < -0.4 is 0 Å². The molecule has 1 aliphatic carbocycles. The largest absolute Gasteiger partial charge is 4.00 e. The molecule has 3 aromatic rings. The molecule has 0 heterocycles. The second kappa shape index (κ2) is 29.3. The van der Waals surface area contributed by atoms with E-state index in [2.05, 4.69) is 30.4 Å². The quantitative estimate of drug-likeness (QED) is 0.379. The zero-order valence-electron chi connectivity index (χ0n) is 15.5. The van der Waals surface area contributed by atoms with Gasteiger partial charge in [-0.05, 0) is 0 Å². The van der Waals surface area contributed by atoms with Crippen molar-refractivity contribution in [1.82, 2.24) is 0 Å². The maximum absolute atomic E-state index is 7.14. The van der Waals surface area contributed by atoms with E-state index in [0.29, 0.717) is 10.5 Å². The van der Waals surface area contributed by atoms with E-state index in [0.717, 1.165) is 6.42 Å². The van der Waals surface area contributed by atoms with Crippen LogP contribution in [0.4, 0.5) is 0 Å². The summed E-state index contributed by atoms with van der Waals surface area (Å²) >= 11 is 0. The molecular formula is C23H25ClOSiZr. The third-order valence-electron chi connectivity index (χ3n) is 2.41. The van der Waals surface area contributed by atoms with Crippen LogP contribution in [0.15, 0.2) is 109 Å². The molecular weight excluding hydrogens is 447 g/mol. The molecule has 0 amide bonds. The van der Waals surface area contributed by atoms with Gasteiger partial charge in [-0.3, -0.25) is 6.08 Å². The van der Waals surface area contributed by atoms with Gasteiger partial charge >= 0.3 is 26.2 Å². The van der Waals surface area contributed by atoms with Crippen LogP contribution in [0.25, 0.3) is 0 Å². The molecule has 1 aliphatic rings. The summed E-state index contributed by atoms with van der Waals surface area (Å²) in [6, 6.07) is 37.5. The van der Waals surface area contributed by atoms with E-state index < -0.39 is 0 Å². The Balaban J connectivity index is -0.000000270. The average Bonchev–Trinajstić information content (AvgIpc) is 3.35. The van der Waals surface area contributed by atoms with Gasteiger partial charge in [0.15, 0.2) is 0 Å². The van der Waals surface area contributed by atoms with E-state index in [1.165, 1.54) is 0 Å². The Morgan fingerprint density at radius 2 is 0.926 bits per heavy atom. The van der Waals surface area contributed by atoms with Crippen molar-refractivity contribution in [1.29, 1.82) is 0 Å². The van der Waals surface area contributed by atoms with E-state index >= 15 is 0 Å². The first kappa shape index (κ1) is 30.2. The van der Waals surface area contributed by atoms with Gasteiger partial charge < -0.3 is 4.80 Å². The molecule has 4 rings (SSSR count). The monoisotopic (exact) mass is 470 g/mol. The summed E-state index contributed by atoms with van der Waals surface area (Å²) < 4.78 is 0. The Bertz CT molecular complexity index is 455. The van der Waals surface area contributed by atoms with E-state index in [9.17, 15) is 0 Å². The van der Waals surface area contributed by atoms with Crippen LogP contribution in [-0.2, 0) is 26.2 Å². The first-order chi connectivity index (χ1) is 12.5. The van der Waals surface area contributed by atoms with Crippen LogP contribution in [0.3, 0.4) is 0 Å². The van der Waals surface area contributed by atoms with Crippen molar-refractivity contribution in [3.63, 3.8) is 0 Å². The minimum atomic E-state index is 0. The molecule has 1 nitrogen and oxygen atoms in total. The maximum Gasteiger partial charge on any atom is 4.00 e. The predicted octanol–water partition coefficient (Wildman–Crippen LogP) is 4.44. The Labute approximate surface area is 192 Å². The van der Waals surface area contributed by atoms with Crippen molar-refractivity contribution >= 4 is 22.9 Å². The van der Waals surface area contributed by atoms with Crippen LogP contribution in [0, 0.1) is 24.3 Å². The zero-order chi connectivity index (χ0) is 18.3. The van der Waals surface area contributed by atoms with Gasteiger partial charge in [0.2, 0.25) is 0 Å². The predicted molar refractivity (Wildman–Crippen MR) is 117 cm³/mol. The standard InChI is InChI=1S/3C6H5.C5H5.ClH.H4OSi.Zr/c3*1-2-4-6-5-3-1;1-2-4-5-3-1;;1-2;/h3*1-5H;1-3H,4H2;1H;1H,2H3;/q4*-1;;;+4. The van der Waals surface area contributed by atoms with Gasteiger partial charge in [-0.25, -0.2) is 12.2 Å². The fourth-order valence-corrected chi connectivity index (χ4v) is 1.37. The Hall–Kier alpha value is -1.51. The topological polar surface area (TPSA) is 20.2 Å². The van der Waals surface area contributed by atoms with E-state index in [-0.39, 0.29) is 38.6 Å². The summed E-state index contributed by atoms with van der Waals surface area (Å²) in [7, 11) is 0.306. The first-order valence-corrected chi connectivity index (χ1v) is 8.79. The van der Waals surface area contributed by atoms with Gasteiger partial charge in [-0.15, -0.1) is 18.8 Å². The smallest absolute Gasteiger partial charge is 0.442 e. The minimum absolute atomic E-state index is 0. The van der Waals surface area contributed by atoms with Gasteiger partial charge in [-0.2, -0.15) is 115 Å². The van der Waals surface area contributed by atoms with Crippen molar-refractivity contribution in [2.45, 2.75) is 6.42 Å². The van der Waals surface area contributed by atoms with Crippen molar-refractivity contribution < 1.29 is 31.0 Å². The molecule has 0 saturated heterocycles. The summed E-state index contributed by atoms with van der Waals surface area (Å²) in [4.78, 5) is 7.14. The van der Waals surface area contributed by atoms with Gasteiger partial charge in [0, 0.05) is 0 Å². The third kappa shape index (κ3) is 26.8. The Morgan fingerprint density at radius 1 is 0.593 bits per heavy atom. The summed E-state index contributed by atoms with van der Waals surface area (Å²) in [5.41, 5.74) is 0. The van der Waals surface area contributed by atoms with Crippen molar-refractivity contribution in [3.8, 4) is 0 Å². The molecule has 0 fully saturated rings. The molecule has 0 aromatic heterocycles. The molecule has 0 spiro atoms.